The molecule has 0 aromatic carbocycles. The topological polar surface area (TPSA) is 86.9 Å². The Kier molecular flexibility index (Phi) is 3.02. The summed E-state index contributed by atoms with van der Waals surface area (Å²) in [4.78, 5) is 28.0. The Morgan fingerprint density at radius 1 is 1.69 bits per heavy atom. The number of carbonyl (C=O) groups excluding carboxylic acids is 1. The van der Waals surface area contributed by atoms with Gasteiger partial charge < -0.3 is 15.6 Å². The lowest BCUT2D eigenvalue weighted by Gasteiger charge is -2.01. The first kappa shape index (κ1) is 9.24. The number of nitrogens with zero attached hydrogens (tertiary/aromatic N) is 1. The monoisotopic (exact) mass is 182 g/mol. The van der Waals surface area contributed by atoms with Crippen LogP contribution in [0.25, 0.3) is 0 Å². The third-order valence-corrected chi connectivity index (χ3v) is 1.40. The quantitative estimate of drug-likeness (QED) is 0.555. The zero-order valence-corrected chi connectivity index (χ0v) is 7.13. The fourth-order valence-electron chi connectivity index (χ4n) is 0.730. The number of rotatable bonds is 3. The van der Waals surface area contributed by atoms with Crippen molar-refractivity contribution in [3.63, 3.8) is 0 Å². The molecule has 0 bridgehead atoms. The van der Waals surface area contributed by atoms with E-state index in [1.807, 2.05) is 0 Å². The molecule has 6 heteroatoms. The van der Waals surface area contributed by atoms with Crippen molar-refractivity contribution in [1.82, 2.24) is 15.3 Å². The predicted molar refractivity (Wildman–Crippen MR) is 47.4 cm³/mol. The van der Waals surface area contributed by atoms with Crippen molar-refractivity contribution in [2.75, 3.05) is 18.9 Å². The fourth-order valence-corrected chi connectivity index (χ4v) is 0.730. The molecule has 3 N–H and O–H groups in total. The van der Waals surface area contributed by atoms with E-state index in [0.29, 0.717) is 0 Å². The van der Waals surface area contributed by atoms with Gasteiger partial charge in [-0.2, -0.15) is 0 Å². The molecule has 0 saturated carbocycles. The van der Waals surface area contributed by atoms with Crippen LogP contribution in [0, 0.1) is 0 Å². The molecule has 0 aliphatic heterocycles. The molecule has 1 heterocycles. The maximum absolute atomic E-state index is 11.0. The van der Waals surface area contributed by atoms with Gasteiger partial charge in [-0.3, -0.25) is 9.59 Å². The molecular weight excluding hydrogens is 172 g/mol. The maximum Gasteiger partial charge on any atom is 0.290 e. The van der Waals surface area contributed by atoms with Crippen molar-refractivity contribution in [1.29, 1.82) is 0 Å². The van der Waals surface area contributed by atoms with E-state index in [9.17, 15) is 9.59 Å². The van der Waals surface area contributed by atoms with E-state index in [-0.39, 0.29) is 23.8 Å². The number of anilines is 1. The van der Waals surface area contributed by atoms with Crippen molar-refractivity contribution in [2.24, 2.45) is 0 Å². The second-order valence-corrected chi connectivity index (χ2v) is 2.29. The van der Waals surface area contributed by atoms with Crippen LogP contribution in [0.15, 0.2) is 17.2 Å². The molecule has 0 aliphatic rings. The van der Waals surface area contributed by atoms with Crippen molar-refractivity contribution in [3.8, 4) is 0 Å². The first-order valence-corrected chi connectivity index (χ1v) is 3.72. The van der Waals surface area contributed by atoms with Gasteiger partial charge in [0.25, 0.3) is 5.56 Å². The SMILES string of the molecule is CNC(=O)CNc1ncc[nH]c1=O. The summed E-state index contributed by atoms with van der Waals surface area (Å²) in [5, 5.41) is 5.01. The highest BCUT2D eigenvalue weighted by molar-refractivity contribution is 5.79. The Morgan fingerprint density at radius 2 is 2.46 bits per heavy atom. The fraction of sp³-hybridized carbons (Fsp3) is 0.286. The Bertz CT molecular complexity index is 346. The summed E-state index contributed by atoms with van der Waals surface area (Å²) < 4.78 is 0. The number of H-pyrrole nitrogens is 1. The number of aromatic amines is 1. The number of amides is 1. The van der Waals surface area contributed by atoms with Crippen LogP contribution in [-0.2, 0) is 4.79 Å². The van der Waals surface area contributed by atoms with Crippen molar-refractivity contribution >= 4 is 11.7 Å². The number of nitrogens with one attached hydrogen (secondary N) is 3. The van der Waals surface area contributed by atoms with Crippen LogP contribution in [0.1, 0.15) is 0 Å². The van der Waals surface area contributed by atoms with E-state index < -0.39 is 0 Å². The molecule has 0 fully saturated rings. The largest absolute Gasteiger partial charge is 0.358 e. The summed E-state index contributed by atoms with van der Waals surface area (Å²) in [7, 11) is 1.52. The Labute approximate surface area is 74.4 Å². The first-order valence-electron chi connectivity index (χ1n) is 3.72. The summed E-state index contributed by atoms with van der Waals surface area (Å²) in [6.07, 6.45) is 2.86. The van der Waals surface area contributed by atoms with Gasteiger partial charge in [-0.15, -0.1) is 0 Å². The van der Waals surface area contributed by atoms with Crippen molar-refractivity contribution < 1.29 is 4.79 Å². The molecule has 13 heavy (non-hydrogen) atoms. The van der Waals surface area contributed by atoms with Crippen LogP contribution >= 0.6 is 0 Å². The van der Waals surface area contributed by atoms with Crippen LogP contribution in [0.3, 0.4) is 0 Å². The molecule has 1 aromatic rings. The normalized spacial score (nSPS) is 9.31. The van der Waals surface area contributed by atoms with Gasteiger partial charge in [0.2, 0.25) is 5.91 Å². The Hall–Kier alpha value is -1.85. The molecule has 6 nitrogen and oxygen atoms in total. The first-order chi connectivity index (χ1) is 6.24. The lowest BCUT2D eigenvalue weighted by atomic mass is 10.5. The molecule has 1 aromatic heterocycles. The molecule has 0 saturated heterocycles. The molecule has 1 rings (SSSR count). The third kappa shape index (κ3) is 2.58. The zero-order chi connectivity index (χ0) is 9.68. The van der Waals surface area contributed by atoms with Gasteiger partial charge in [0, 0.05) is 19.4 Å². The van der Waals surface area contributed by atoms with Crippen LogP contribution in [0.2, 0.25) is 0 Å². The van der Waals surface area contributed by atoms with E-state index >= 15 is 0 Å². The summed E-state index contributed by atoms with van der Waals surface area (Å²) in [6, 6.07) is 0. The number of hydrogen-bond donors (Lipinski definition) is 3. The molecule has 70 valence electrons. The van der Waals surface area contributed by atoms with Gasteiger partial charge >= 0.3 is 0 Å². The minimum absolute atomic E-state index is 0.0383. The maximum atomic E-state index is 11.0. The van der Waals surface area contributed by atoms with Gasteiger partial charge in [0.05, 0.1) is 6.54 Å². The van der Waals surface area contributed by atoms with Gasteiger partial charge in [-0.1, -0.05) is 0 Å². The molecular formula is C7H10N4O2. The molecule has 0 spiro atoms. The average Bonchev–Trinajstić information content (AvgIpc) is 2.16. The van der Waals surface area contributed by atoms with Crippen LogP contribution in [0.5, 0.6) is 0 Å². The van der Waals surface area contributed by atoms with Gasteiger partial charge in [-0.05, 0) is 0 Å². The smallest absolute Gasteiger partial charge is 0.290 e. The minimum Gasteiger partial charge on any atom is -0.358 e. The number of likely N-dealkylation sites (N-methyl/N-ethyl adjacent to an activating group) is 1. The summed E-state index contributed by atoms with van der Waals surface area (Å²) >= 11 is 0. The highest BCUT2D eigenvalue weighted by Gasteiger charge is 2.01. The number of hydrogen-bond acceptors (Lipinski definition) is 4. The Morgan fingerprint density at radius 3 is 3.08 bits per heavy atom. The van der Waals surface area contributed by atoms with Crippen LogP contribution in [0.4, 0.5) is 5.82 Å². The van der Waals surface area contributed by atoms with Crippen LogP contribution < -0.4 is 16.2 Å². The summed E-state index contributed by atoms with van der Waals surface area (Å²) in [5.74, 6) is -0.0591. The van der Waals surface area contributed by atoms with E-state index in [0.717, 1.165) is 0 Å². The molecule has 0 unspecified atom stereocenters. The van der Waals surface area contributed by atoms with Crippen molar-refractivity contribution in [3.05, 3.63) is 22.7 Å². The summed E-state index contributed by atoms with van der Waals surface area (Å²) in [5.41, 5.74) is -0.341. The predicted octanol–water partition coefficient (Wildman–Crippen LogP) is -1.07. The van der Waals surface area contributed by atoms with E-state index in [2.05, 4.69) is 20.6 Å². The van der Waals surface area contributed by atoms with Gasteiger partial charge in [0.15, 0.2) is 5.82 Å². The zero-order valence-electron chi connectivity index (χ0n) is 7.13. The molecule has 0 atom stereocenters. The lowest BCUT2D eigenvalue weighted by Crippen LogP contribution is -2.28. The molecule has 1 amide bonds. The van der Waals surface area contributed by atoms with E-state index in [1.54, 1.807) is 0 Å². The Balaban J connectivity index is 2.60. The van der Waals surface area contributed by atoms with E-state index in [4.69, 9.17) is 0 Å². The number of aromatic nitrogens is 2. The third-order valence-electron chi connectivity index (χ3n) is 1.40. The number of carbonyl (C=O) groups is 1. The molecule has 0 aliphatic carbocycles. The van der Waals surface area contributed by atoms with Crippen LogP contribution in [-0.4, -0.2) is 29.5 Å². The molecule has 0 radical (unpaired) electrons. The van der Waals surface area contributed by atoms with Crippen molar-refractivity contribution in [2.45, 2.75) is 0 Å². The summed E-state index contributed by atoms with van der Waals surface area (Å²) in [6.45, 7) is 0.0383. The second kappa shape index (κ2) is 4.24. The second-order valence-electron chi connectivity index (χ2n) is 2.29. The van der Waals surface area contributed by atoms with Gasteiger partial charge in [0.1, 0.15) is 0 Å². The van der Waals surface area contributed by atoms with Gasteiger partial charge in [-0.25, -0.2) is 4.98 Å². The highest BCUT2D eigenvalue weighted by atomic mass is 16.2. The lowest BCUT2D eigenvalue weighted by molar-refractivity contribution is -0.118. The minimum atomic E-state index is -0.341. The van der Waals surface area contributed by atoms with E-state index in [1.165, 1.54) is 19.4 Å². The highest BCUT2D eigenvalue weighted by Crippen LogP contribution is 1.87. The standard InChI is InChI=1S/C7H10N4O2/c1-8-5(12)4-11-6-7(13)10-3-2-9-6/h2-3H,4H2,1H3,(H,8,12)(H,9,11)(H,10,13). The average molecular weight is 182 g/mol.